The van der Waals surface area contributed by atoms with Crippen LogP contribution in [0.15, 0.2) is 18.5 Å². The van der Waals surface area contributed by atoms with Crippen molar-refractivity contribution < 1.29 is 14.6 Å². The van der Waals surface area contributed by atoms with Crippen LogP contribution in [-0.4, -0.2) is 35.8 Å². The van der Waals surface area contributed by atoms with Crippen molar-refractivity contribution >= 4 is 5.91 Å². The second kappa shape index (κ2) is 7.62. The van der Waals surface area contributed by atoms with Gasteiger partial charge in [0.05, 0.1) is 18.4 Å². The molecule has 0 radical (unpaired) electrons. The number of aromatic hydroxyl groups is 1. The van der Waals surface area contributed by atoms with Gasteiger partial charge in [-0.2, -0.15) is 0 Å². The van der Waals surface area contributed by atoms with Gasteiger partial charge >= 0.3 is 0 Å². The third-order valence-electron chi connectivity index (χ3n) is 2.22. The van der Waals surface area contributed by atoms with E-state index in [0.29, 0.717) is 19.8 Å². The Kier molecular flexibility index (Phi) is 6.03. The number of nitrogens with zero attached hydrogens (tertiary/aromatic N) is 1. The highest BCUT2D eigenvalue weighted by Crippen LogP contribution is 2.12. The molecule has 94 valence electrons. The maximum Gasteiger partial charge on any atom is 0.255 e. The average Bonchev–Trinajstić information content (AvgIpc) is 2.34. The molecular formula is C12H18N2O3. The first-order valence-corrected chi connectivity index (χ1v) is 5.74. The monoisotopic (exact) mass is 238 g/mol. The van der Waals surface area contributed by atoms with Crippen LogP contribution in [0.3, 0.4) is 0 Å². The number of hydrogen-bond donors (Lipinski definition) is 2. The fourth-order valence-corrected chi connectivity index (χ4v) is 1.26. The fraction of sp³-hybridized carbons (Fsp3) is 0.500. The number of nitrogens with one attached hydrogen (secondary N) is 1. The fourth-order valence-electron chi connectivity index (χ4n) is 1.26. The van der Waals surface area contributed by atoms with Crippen molar-refractivity contribution in [2.45, 2.75) is 19.8 Å². The lowest BCUT2D eigenvalue weighted by molar-refractivity contribution is 0.0910. The summed E-state index contributed by atoms with van der Waals surface area (Å²) in [7, 11) is 0. The van der Waals surface area contributed by atoms with Gasteiger partial charge in [0.1, 0.15) is 5.75 Å². The lowest BCUT2D eigenvalue weighted by Gasteiger charge is -2.06. The first-order valence-electron chi connectivity index (χ1n) is 5.74. The highest BCUT2D eigenvalue weighted by Gasteiger charge is 2.09. The topological polar surface area (TPSA) is 71.5 Å². The third-order valence-corrected chi connectivity index (χ3v) is 2.22. The van der Waals surface area contributed by atoms with E-state index in [1.54, 1.807) is 0 Å². The Balaban J connectivity index is 2.24. The molecule has 0 saturated carbocycles. The molecule has 1 aromatic heterocycles. The predicted molar refractivity (Wildman–Crippen MR) is 64.0 cm³/mol. The zero-order chi connectivity index (χ0) is 12.5. The van der Waals surface area contributed by atoms with E-state index >= 15 is 0 Å². The minimum absolute atomic E-state index is 0.114. The number of pyridine rings is 1. The van der Waals surface area contributed by atoms with Crippen molar-refractivity contribution in [1.29, 1.82) is 0 Å². The van der Waals surface area contributed by atoms with Gasteiger partial charge in [0, 0.05) is 19.3 Å². The standard InChI is InChI=1S/C12H18N2O3/c1-2-3-7-17-8-6-14-12(16)10-4-5-13-9-11(10)15/h4-5,9,15H,2-3,6-8H2,1H3,(H,14,16). The van der Waals surface area contributed by atoms with Crippen molar-refractivity contribution in [2.24, 2.45) is 0 Å². The number of carbonyl (C=O) groups excluding carboxylic acids is 1. The van der Waals surface area contributed by atoms with E-state index in [1.807, 2.05) is 0 Å². The van der Waals surface area contributed by atoms with E-state index in [9.17, 15) is 9.90 Å². The van der Waals surface area contributed by atoms with E-state index < -0.39 is 0 Å². The number of ether oxygens (including phenoxy) is 1. The zero-order valence-corrected chi connectivity index (χ0v) is 9.98. The maximum absolute atomic E-state index is 11.6. The number of rotatable bonds is 7. The molecule has 1 amide bonds. The third kappa shape index (κ3) is 4.82. The molecule has 0 aliphatic rings. The van der Waals surface area contributed by atoms with Crippen molar-refractivity contribution in [1.82, 2.24) is 10.3 Å². The molecule has 1 heterocycles. The van der Waals surface area contributed by atoms with Gasteiger partial charge in [0.25, 0.3) is 5.91 Å². The summed E-state index contributed by atoms with van der Waals surface area (Å²) in [5, 5.41) is 12.1. The van der Waals surface area contributed by atoms with E-state index in [2.05, 4.69) is 17.2 Å². The van der Waals surface area contributed by atoms with Crippen LogP contribution >= 0.6 is 0 Å². The summed E-state index contributed by atoms with van der Waals surface area (Å²) >= 11 is 0. The Morgan fingerprint density at radius 3 is 3.06 bits per heavy atom. The quantitative estimate of drug-likeness (QED) is 0.703. The van der Waals surface area contributed by atoms with Crippen molar-refractivity contribution in [2.75, 3.05) is 19.8 Å². The molecule has 0 saturated heterocycles. The molecule has 0 spiro atoms. The van der Waals surface area contributed by atoms with Crippen LogP contribution in [-0.2, 0) is 4.74 Å². The van der Waals surface area contributed by atoms with Gasteiger partial charge in [-0.3, -0.25) is 9.78 Å². The highest BCUT2D eigenvalue weighted by atomic mass is 16.5. The lowest BCUT2D eigenvalue weighted by atomic mass is 10.2. The summed E-state index contributed by atoms with van der Waals surface area (Å²) in [5.74, 6) is -0.430. The Bertz CT molecular complexity index is 355. The molecule has 0 aliphatic carbocycles. The molecule has 0 unspecified atom stereocenters. The molecule has 1 rings (SSSR count). The van der Waals surface area contributed by atoms with Gasteiger partial charge in [-0.1, -0.05) is 13.3 Å². The van der Waals surface area contributed by atoms with Gasteiger partial charge in [0.15, 0.2) is 0 Å². The first-order chi connectivity index (χ1) is 8.25. The molecule has 17 heavy (non-hydrogen) atoms. The summed E-state index contributed by atoms with van der Waals surface area (Å²) in [5.41, 5.74) is 0.230. The average molecular weight is 238 g/mol. The Morgan fingerprint density at radius 2 is 2.35 bits per heavy atom. The second-order valence-electron chi connectivity index (χ2n) is 3.61. The second-order valence-corrected chi connectivity index (χ2v) is 3.61. The summed E-state index contributed by atoms with van der Waals surface area (Å²) in [4.78, 5) is 15.3. The van der Waals surface area contributed by atoms with Gasteiger partial charge in [-0.25, -0.2) is 0 Å². The van der Waals surface area contributed by atoms with E-state index in [0.717, 1.165) is 12.8 Å². The number of unbranched alkanes of at least 4 members (excludes halogenated alkanes) is 1. The number of hydrogen-bond acceptors (Lipinski definition) is 4. The molecule has 0 aliphatic heterocycles. The van der Waals surface area contributed by atoms with Gasteiger partial charge in [-0.05, 0) is 12.5 Å². The van der Waals surface area contributed by atoms with E-state index in [1.165, 1.54) is 18.5 Å². The van der Waals surface area contributed by atoms with Crippen molar-refractivity contribution in [3.05, 3.63) is 24.0 Å². The van der Waals surface area contributed by atoms with Crippen LogP contribution in [0.2, 0.25) is 0 Å². The number of aromatic nitrogens is 1. The summed E-state index contributed by atoms with van der Waals surface area (Å²) in [6.07, 6.45) is 4.83. The van der Waals surface area contributed by atoms with Crippen LogP contribution in [0.1, 0.15) is 30.1 Å². The van der Waals surface area contributed by atoms with Gasteiger partial charge in [-0.15, -0.1) is 0 Å². The molecule has 0 aromatic carbocycles. The lowest BCUT2D eigenvalue weighted by Crippen LogP contribution is -2.27. The van der Waals surface area contributed by atoms with Gasteiger partial charge in [0.2, 0.25) is 0 Å². The number of carbonyl (C=O) groups is 1. The molecule has 2 N–H and O–H groups in total. The maximum atomic E-state index is 11.6. The highest BCUT2D eigenvalue weighted by molar-refractivity contribution is 5.96. The smallest absolute Gasteiger partial charge is 0.255 e. The molecule has 5 nitrogen and oxygen atoms in total. The minimum Gasteiger partial charge on any atom is -0.505 e. The van der Waals surface area contributed by atoms with Gasteiger partial charge < -0.3 is 15.2 Å². The summed E-state index contributed by atoms with van der Waals surface area (Å²) in [6.45, 7) is 3.73. The Labute approximate surface area is 101 Å². The molecule has 0 bridgehead atoms. The Hall–Kier alpha value is -1.62. The minimum atomic E-state index is -0.316. The van der Waals surface area contributed by atoms with Crippen molar-refractivity contribution in [3.8, 4) is 5.75 Å². The largest absolute Gasteiger partial charge is 0.505 e. The van der Waals surface area contributed by atoms with Crippen LogP contribution in [0.25, 0.3) is 0 Å². The summed E-state index contributed by atoms with van der Waals surface area (Å²) < 4.78 is 5.30. The molecule has 0 atom stereocenters. The van der Waals surface area contributed by atoms with Crippen LogP contribution in [0.4, 0.5) is 0 Å². The molecule has 0 fully saturated rings. The zero-order valence-electron chi connectivity index (χ0n) is 9.98. The van der Waals surface area contributed by atoms with E-state index in [4.69, 9.17) is 4.74 Å². The predicted octanol–water partition coefficient (Wildman–Crippen LogP) is 1.33. The summed E-state index contributed by atoms with van der Waals surface area (Å²) in [6, 6.07) is 1.47. The SMILES string of the molecule is CCCCOCCNC(=O)c1ccncc1O. The first kappa shape index (κ1) is 13.4. The van der Waals surface area contributed by atoms with E-state index in [-0.39, 0.29) is 17.2 Å². The normalized spacial score (nSPS) is 10.2. The van der Waals surface area contributed by atoms with Crippen LogP contribution < -0.4 is 5.32 Å². The van der Waals surface area contributed by atoms with Crippen LogP contribution in [0.5, 0.6) is 5.75 Å². The molecule has 1 aromatic rings. The Morgan fingerprint density at radius 1 is 1.53 bits per heavy atom. The number of amides is 1. The molecule has 5 heteroatoms. The van der Waals surface area contributed by atoms with Crippen LogP contribution in [0, 0.1) is 0 Å². The van der Waals surface area contributed by atoms with Crippen molar-refractivity contribution in [3.63, 3.8) is 0 Å². The molecular weight excluding hydrogens is 220 g/mol.